The predicted molar refractivity (Wildman–Crippen MR) is 79.7 cm³/mol. The van der Waals surface area contributed by atoms with Crippen LogP contribution in [-0.4, -0.2) is 5.91 Å². The molecule has 0 atom stereocenters. The van der Waals surface area contributed by atoms with Gasteiger partial charge in [-0.2, -0.15) is 0 Å². The van der Waals surface area contributed by atoms with Crippen LogP contribution in [0.3, 0.4) is 0 Å². The van der Waals surface area contributed by atoms with E-state index in [0.29, 0.717) is 22.0 Å². The number of carbonyl (C=O) groups excluding carboxylic acids is 1. The minimum Gasteiger partial charge on any atom is -0.399 e. The van der Waals surface area contributed by atoms with Gasteiger partial charge in [-0.15, -0.1) is 0 Å². The third kappa shape index (κ3) is 2.91. The molecule has 0 saturated heterocycles. The van der Waals surface area contributed by atoms with Crippen molar-refractivity contribution in [3.63, 3.8) is 0 Å². The van der Waals surface area contributed by atoms with Crippen LogP contribution in [0.2, 0.25) is 5.02 Å². The van der Waals surface area contributed by atoms with Crippen LogP contribution in [0.1, 0.15) is 21.5 Å². The lowest BCUT2D eigenvalue weighted by atomic mass is 10.1. The van der Waals surface area contributed by atoms with Crippen molar-refractivity contribution >= 4 is 28.9 Å². The number of anilines is 2. The van der Waals surface area contributed by atoms with Gasteiger partial charge >= 0.3 is 0 Å². The molecule has 5 heteroatoms. The molecule has 0 aromatic heterocycles. The van der Waals surface area contributed by atoms with Gasteiger partial charge in [0.1, 0.15) is 5.82 Å². The summed E-state index contributed by atoms with van der Waals surface area (Å²) in [6.07, 6.45) is 0. The van der Waals surface area contributed by atoms with Crippen LogP contribution in [0.4, 0.5) is 15.8 Å². The third-order valence-corrected chi connectivity index (χ3v) is 3.20. The number of nitrogen functional groups attached to an aromatic ring is 1. The van der Waals surface area contributed by atoms with E-state index in [1.54, 1.807) is 25.1 Å². The number of hydrogen-bond acceptors (Lipinski definition) is 2. The molecule has 1 amide bonds. The van der Waals surface area contributed by atoms with Crippen molar-refractivity contribution in [3.05, 3.63) is 57.9 Å². The Labute approximate surface area is 121 Å². The molecule has 0 unspecified atom stereocenters. The molecular weight excluding hydrogens is 279 g/mol. The van der Waals surface area contributed by atoms with Crippen LogP contribution in [-0.2, 0) is 0 Å². The van der Waals surface area contributed by atoms with Crippen LogP contribution in [0.25, 0.3) is 0 Å². The summed E-state index contributed by atoms with van der Waals surface area (Å²) in [5.41, 5.74) is 7.62. The summed E-state index contributed by atoms with van der Waals surface area (Å²) >= 11 is 5.88. The molecule has 3 nitrogen and oxygen atoms in total. The first-order valence-corrected chi connectivity index (χ1v) is 6.39. The van der Waals surface area contributed by atoms with Gasteiger partial charge in [0.05, 0.1) is 5.56 Å². The van der Waals surface area contributed by atoms with Crippen LogP contribution >= 0.6 is 11.6 Å². The summed E-state index contributed by atoms with van der Waals surface area (Å²) in [5.74, 6) is -1.13. The molecule has 3 N–H and O–H groups in total. The van der Waals surface area contributed by atoms with E-state index in [4.69, 9.17) is 17.3 Å². The molecule has 2 aromatic carbocycles. The highest BCUT2D eigenvalue weighted by Gasteiger charge is 2.15. The van der Waals surface area contributed by atoms with Crippen molar-refractivity contribution < 1.29 is 9.18 Å². The van der Waals surface area contributed by atoms with Crippen LogP contribution in [0.5, 0.6) is 0 Å². The fourth-order valence-corrected chi connectivity index (χ4v) is 2.05. The minimum atomic E-state index is -0.573. The molecule has 0 saturated carbocycles. The first-order chi connectivity index (χ1) is 9.38. The highest BCUT2D eigenvalue weighted by molar-refractivity contribution is 6.31. The molecule has 0 spiro atoms. The van der Waals surface area contributed by atoms with E-state index in [1.165, 1.54) is 12.1 Å². The standard InChI is InChI=1S/C15H14ClFN2O/c1-8-3-4-10(16)6-13(8)19-15(20)12-7-11(18)5-9(2)14(12)17/h3-7H,18H2,1-2H3,(H,19,20). The average Bonchev–Trinajstić information content (AvgIpc) is 2.38. The second-order valence-corrected chi connectivity index (χ2v) is 5.05. The molecule has 0 bridgehead atoms. The number of halogens is 2. The van der Waals surface area contributed by atoms with Gasteiger partial charge in [-0.1, -0.05) is 17.7 Å². The summed E-state index contributed by atoms with van der Waals surface area (Å²) in [4.78, 5) is 12.2. The highest BCUT2D eigenvalue weighted by atomic mass is 35.5. The lowest BCUT2D eigenvalue weighted by molar-refractivity contribution is 0.102. The minimum absolute atomic E-state index is 0.0816. The zero-order valence-electron chi connectivity index (χ0n) is 11.1. The second-order valence-electron chi connectivity index (χ2n) is 4.61. The van der Waals surface area contributed by atoms with Gasteiger partial charge in [-0.05, 0) is 49.2 Å². The number of benzene rings is 2. The van der Waals surface area contributed by atoms with Crippen LogP contribution < -0.4 is 11.1 Å². The molecule has 20 heavy (non-hydrogen) atoms. The van der Waals surface area contributed by atoms with Gasteiger partial charge < -0.3 is 11.1 Å². The average molecular weight is 293 g/mol. The number of nitrogens with two attached hydrogens (primary N) is 1. The van der Waals surface area contributed by atoms with Crippen LogP contribution in [0, 0.1) is 19.7 Å². The molecule has 2 aromatic rings. The Bertz CT molecular complexity index is 686. The number of rotatable bonds is 2. The Morgan fingerprint density at radius 3 is 2.60 bits per heavy atom. The van der Waals surface area contributed by atoms with Crippen molar-refractivity contribution in [3.8, 4) is 0 Å². The molecule has 0 aliphatic carbocycles. The summed E-state index contributed by atoms with van der Waals surface area (Å²) in [5, 5.41) is 3.14. The second kappa shape index (κ2) is 5.51. The van der Waals surface area contributed by atoms with E-state index < -0.39 is 11.7 Å². The monoisotopic (exact) mass is 292 g/mol. The van der Waals surface area contributed by atoms with Crippen molar-refractivity contribution in [1.29, 1.82) is 0 Å². The Kier molecular flexibility index (Phi) is 3.95. The maximum Gasteiger partial charge on any atom is 0.258 e. The Hall–Kier alpha value is -2.07. The first kappa shape index (κ1) is 14.3. The highest BCUT2D eigenvalue weighted by Crippen LogP contribution is 2.23. The fourth-order valence-electron chi connectivity index (χ4n) is 1.88. The molecule has 0 aliphatic rings. The van der Waals surface area contributed by atoms with Gasteiger partial charge in [0.25, 0.3) is 5.91 Å². The Morgan fingerprint density at radius 1 is 1.20 bits per heavy atom. The maximum atomic E-state index is 14.0. The molecular formula is C15H14ClFN2O. The SMILES string of the molecule is Cc1ccc(Cl)cc1NC(=O)c1cc(N)cc(C)c1F. The van der Waals surface area contributed by atoms with E-state index in [9.17, 15) is 9.18 Å². The van der Waals surface area contributed by atoms with Gasteiger partial charge in [0, 0.05) is 16.4 Å². The van der Waals surface area contributed by atoms with Crippen molar-refractivity contribution in [2.24, 2.45) is 0 Å². The van der Waals surface area contributed by atoms with Gasteiger partial charge in [-0.3, -0.25) is 4.79 Å². The largest absolute Gasteiger partial charge is 0.399 e. The summed E-state index contributed by atoms with van der Waals surface area (Å²) in [6, 6.07) is 7.91. The molecule has 0 heterocycles. The summed E-state index contributed by atoms with van der Waals surface area (Å²) in [7, 11) is 0. The van der Waals surface area contributed by atoms with E-state index >= 15 is 0 Å². The topological polar surface area (TPSA) is 55.1 Å². The molecule has 0 radical (unpaired) electrons. The zero-order chi connectivity index (χ0) is 14.9. The van der Waals surface area contributed by atoms with E-state index in [0.717, 1.165) is 5.56 Å². The number of hydrogen-bond donors (Lipinski definition) is 2. The molecule has 0 aliphatic heterocycles. The Morgan fingerprint density at radius 2 is 1.90 bits per heavy atom. The maximum absolute atomic E-state index is 14.0. The number of nitrogens with one attached hydrogen (secondary N) is 1. The fraction of sp³-hybridized carbons (Fsp3) is 0.133. The predicted octanol–water partition coefficient (Wildman–Crippen LogP) is 3.93. The zero-order valence-corrected chi connectivity index (χ0v) is 11.9. The van der Waals surface area contributed by atoms with Crippen molar-refractivity contribution in [1.82, 2.24) is 0 Å². The molecule has 104 valence electrons. The quantitative estimate of drug-likeness (QED) is 0.824. The summed E-state index contributed by atoms with van der Waals surface area (Å²) < 4.78 is 14.0. The lowest BCUT2D eigenvalue weighted by Crippen LogP contribution is -2.15. The summed E-state index contributed by atoms with van der Waals surface area (Å²) in [6.45, 7) is 3.39. The number of aryl methyl sites for hydroxylation is 2. The lowest BCUT2D eigenvalue weighted by Gasteiger charge is -2.11. The molecule has 0 fully saturated rings. The van der Waals surface area contributed by atoms with Gasteiger partial charge in [0.15, 0.2) is 0 Å². The number of amides is 1. The van der Waals surface area contributed by atoms with Crippen molar-refractivity contribution in [2.75, 3.05) is 11.1 Å². The smallest absolute Gasteiger partial charge is 0.258 e. The number of carbonyl (C=O) groups is 1. The third-order valence-electron chi connectivity index (χ3n) is 2.97. The van der Waals surface area contributed by atoms with Crippen molar-refractivity contribution in [2.45, 2.75) is 13.8 Å². The van der Waals surface area contributed by atoms with E-state index in [2.05, 4.69) is 5.32 Å². The van der Waals surface area contributed by atoms with E-state index in [-0.39, 0.29) is 5.56 Å². The Balaban J connectivity index is 2.35. The van der Waals surface area contributed by atoms with Gasteiger partial charge in [0.2, 0.25) is 0 Å². The van der Waals surface area contributed by atoms with E-state index in [1.807, 2.05) is 6.92 Å². The van der Waals surface area contributed by atoms with Gasteiger partial charge in [-0.25, -0.2) is 4.39 Å². The first-order valence-electron chi connectivity index (χ1n) is 6.01. The molecule has 2 rings (SSSR count). The normalized spacial score (nSPS) is 10.4. The van der Waals surface area contributed by atoms with Crippen LogP contribution in [0.15, 0.2) is 30.3 Å².